The van der Waals surface area contributed by atoms with Crippen LogP contribution in [0.25, 0.3) is 11.3 Å². The molecule has 0 radical (unpaired) electrons. The maximum atomic E-state index is 12.3. The average molecular weight is 347 g/mol. The van der Waals surface area contributed by atoms with Crippen molar-refractivity contribution in [3.05, 3.63) is 83.3 Å². The lowest BCUT2D eigenvalue weighted by molar-refractivity contribution is 0.0916. The third-order valence-electron chi connectivity index (χ3n) is 4.09. The number of aryl methyl sites for hydroxylation is 2. The molecule has 1 atom stereocenters. The van der Waals surface area contributed by atoms with Crippen molar-refractivity contribution in [3.63, 3.8) is 0 Å². The van der Waals surface area contributed by atoms with Gasteiger partial charge in [-0.25, -0.2) is 0 Å². The van der Waals surface area contributed by atoms with Gasteiger partial charge in [0.2, 0.25) is 0 Å². The van der Waals surface area contributed by atoms with E-state index >= 15 is 0 Å². The van der Waals surface area contributed by atoms with Crippen LogP contribution in [0.2, 0.25) is 0 Å². The second-order valence-electron chi connectivity index (χ2n) is 6.31. The van der Waals surface area contributed by atoms with Crippen LogP contribution in [-0.4, -0.2) is 27.5 Å². The Labute approximate surface area is 152 Å². The summed E-state index contributed by atoms with van der Waals surface area (Å²) in [6.45, 7) is 4.11. The fourth-order valence-electron chi connectivity index (χ4n) is 2.83. The van der Waals surface area contributed by atoms with Crippen LogP contribution in [0, 0.1) is 13.8 Å². The lowest BCUT2D eigenvalue weighted by atomic mass is 10.0. The number of aliphatic hydroxyl groups excluding tert-OH is 1. The number of amides is 1. The molecule has 0 fully saturated rings. The maximum absolute atomic E-state index is 12.3. The highest BCUT2D eigenvalue weighted by molar-refractivity contribution is 5.94. The number of aliphatic hydroxyl groups is 1. The zero-order chi connectivity index (χ0) is 18.5. The zero-order valence-electron chi connectivity index (χ0n) is 14.8. The first-order valence-electron chi connectivity index (χ1n) is 8.44. The van der Waals surface area contributed by atoms with Gasteiger partial charge in [0.15, 0.2) is 0 Å². The van der Waals surface area contributed by atoms with Gasteiger partial charge in [0.05, 0.1) is 17.4 Å². The van der Waals surface area contributed by atoms with E-state index in [0.29, 0.717) is 5.56 Å². The monoisotopic (exact) mass is 347 g/mol. The maximum Gasteiger partial charge on any atom is 0.252 e. The van der Waals surface area contributed by atoms with Crippen LogP contribution in [-0.2, 0) is 0 Å². The molecule has 0 saturated heterocycles. The molecule has 5 heteroatoms. The summed E-state index contributed by atoms with van der Waals surface area (Å²) >= 11 is 0. The van der Waals surface area contributed by atoms with Gasteiger partial charge < -0.3 is 10.4 Å². The standard InChI is InChI=1S/C21H21N3O2/c1-14-9-15(2)11-18(10-14)20(25)13-24-21(26)17-3-4-19(23-12-17)16-5-7-22-8-6-16/h3-12,20,25H,13H2,1-2H3,(H,24,26). The highest BCUT2D eigenvalue weighted by Crippen LogP contribution is 2.17. The van der Waals surface area contributed by atoms with E-state index in [1.807, 2.05) is 44.2 Å². The number of nitrogens with one attached hydrogen (secondary N) is 1. The predicted octanol–water partition coefficient (Wildman–Crippen LogP) is 3.22. The topological polar surface area (TPSA) is 75.1 Å². The summed E-state index contributed by atoms with van der Waals surface area (Å²) in [6.07, 6.45) is 4.19. The average Bonchev–Trinajstić information content (AvgIpc) is 2.66. The summed E-state index contributed by atoms with van der Waals surface area (Å²) in [5, 5.41) is 13.1. The number of carbonyl (C=O) groups excluding carboxylic acids is 1. The van der Waals surface area contributed by atoms with E-state index in [1.54, 1.807) is 24.5 Å². The Morgan fingerprint density at radius 3 is 2.38 bits per heavy atom. The van der Waals surface area contributed by atoms with Crippen molar-refractivity contribution in [3.8, 4) is 11.3 Å². The Bertz CT molecular complexity index is 873. The number of pyridine rings is 2. The second kappa shape index (κ2) is 7.89. The first-order chi connectivity index (χ1) is 12.5. The van der Waals surface area contributed by atoms with E-state index in [1.165, 1.54) is 6.20 Å². The summed E-state index contributed by atoms with van der Waals surface area (Å²) < 4.78 is 0. The number of hydrogen-bond donors (Lipinski definition) is 2. The molecule has 1 amide bonds. The number of benzene rings is 1. The molecule has 2 aromatic heterocycles. The Balaban J connectivity index is 1.63. The molecule has 0 aliphatic carbocycles. The van der Waals surface area contributed by atoms with E-state index in [2.05, 4.69) is 15.3 Å². The van der Waals surface area contributed by atoms with Crippen molar-refractivity contribution in [2.45, 2.75) is 20.0 Å². The molecule has 0 aliphatic rings. The fourth-order valence-corrected chi connectivity index (χ4v) is 2.83. The van der Waals surface area contributed by atoms with Crippen LogP contribution in [0.3, 0.4) is 0 Å². The van der Waals surface area contributed by atoms with Crippen LogP contribution >= 0.6 is 0 Å². The van der Waals surface area contributed by atoms with Crippen LogP contribution in [0.15, 0.2) is 61.1 Å². The summed E-state index contributed by atoms with van der Waals surface area (Å²) in [6, 6.07) is 13.1. The first-order valence-corrected chi connectivity index (χ1v) is 8.44. The van der Waals surface area contributed by atoms with Crippen molar-refractivity contribution < 1.29 is 9.90 Å². The van der Waals surface area contributed by atoms with Crippen molar-refractivity contribution in [1.29, 1.82) is 0 Å². The van der Waals surface area contributed by atoms with Crippen LogP contribution in [0.1, 0.15) is 33.2 Å². The van der Waals surface area contributed by atoms with Crippen LogP contribution in [0.4, 0.5) is 0 Å². The van der Waals surface area contributed by atoms with Gasteiger partial charge in [-0.3, -0.25) is 14.8 Å². The lowest BCUT2D eigenvalue weighted by Crippen LogP contribution is -2.28. The van der Waals surface area contributed by atoms with Gasteiger partial charge >= 0.3 is 0 Å². The molecule has 0 bridgehead atoms. The lowest BCUT2D eigenvalue weighted by Gasteiger charge is -2.14. The van der Waals surface area contributed by atoms with Gasteiger partial charge in [-0.2, -0.15) is 0 Å². The Kier molecular flexibility index (Phi) is 5.39. The van der Waals surface area contributed by atoms with Crippen LogP contribution < -0.4 is 5.32 Å². The Morgan fingerprint density at radius 2 is 1.77 bits per heavy atom. The van der Waals surface area contributed by atoms with E-state index in [-0.39, 0.29) is 12.5 Å². The normalized spacial score (nSPS) is 11.8. The number of carbonyl (C=O) groups is 1. The SMILES string of the molecule is Cc1cc(C)cc(C(O)CNC(=O)c2ccc(-c3ccncc3)nc2)c1. The van der Waals surface area contributed by atoms with Gasteiger partial charge in [0, 0.05) is 30.7 Å². The minimum Gasteiger partial charge on any atom is -0.387 e. The number of rotatable bonds is 5. The van der Waals surface area contributed by atoms with Gasteiger partial charge in [-0.1, -0.05) is 29.3 Å². The van der Waals surface area contributed by atoms with Gasteiger partial charge in [-0.15, -0.1) is 0 Å². The third kappa shape index (κ3) is 4.32. The Morgan fingerprint density at radius 1 is 1.08 bits per heavy atom. The molecule has 3 aromatic rings. The highest BCUT2D eigenvalue weighted by Gasteiger charge is 2.12. The summed E-state index contributed by atoms with van der Waals surface area (Å²) in [5.41, 5.74) is 5.14. The summed E-state index contributed by atoms with van der Waals surface area (Å²) in [4.78, 5) is 20.6. The van der Waals surface area contributed by atoms with Gasteiger partial charge in [-0.05, 0) is 43.7 Å². The molecule has 2 heterocycles. The predicted molar refractivity (Wildman–Crippen MR) is 101 cm³/mol. The molecular weight excluding hydrogens is 326 g/mol. The smallest absolute Gasteiger partial charge is 0.252 e. The summed E-state index contributed by atoms with van der Waals surface area (Å²) in [7, 11) is 0. The first kappa shape index (κ1) is 17.8. The molecule has 1 aromatic carbocycles. The molecule has 3 rings (SSSR count). The quantitative estimate of drug-likeness (QED) is 0.743. The molecule has 0 aliphatic heterocycles. The van der Waals surface area contributed by atoms with E-state index in [9.17, 15) is 9.90 Å². The third-order valence-corrected chi connectivity index (χ3v) is 4.09. The van der Waals surface area contributed by atoms with Crippen molar-refractivity contribution >= 4 is 5.91 Å². The largest absolute Gasteiger partial charge is 0.387 e. The van der Waals surface area contributed by atoms with Gasteiger partial charge in [0.25, 0.3) is 5.91 Å². The van der Waals surface area contributed by atoms with E-state index < -0.39 is 6.10 Å². The molecule has 0 saturated carbocycles. The fraction of sp³-hybridized carbons (Fsp3) is 0.190. The van der Waals surface area contributed by atoms with E-state index in [4.69, 9.17) is 0 Å². The highest BCUT2D eigenvalue weighted by atomic mass is 16.3. The number of nitrogens with zero attached hydrogens (tertiary/aromatic N) is 2. The minimum atomic E-state index is -0.749. The van der Waals surface area contributed by atoms with Crippen LogP contribution in [0.5, 0.6) is 0 Å². The molecule has 5 nitrogen and oxygen atoms in total. The minimum absolute atomic E-state index is 0.147. The molecule has 26 heavy (non-hydrogen) atoms. The Hall–Kier alpha value is -3.05. The molecular formula is C21H21N3O2. The van der Waals surface area contributed by atoms with Gasteiger partial charge in [0.1, 0.15) is 0 Å². The molecule has 1 unspecified atom stereocenters. The molecule has 0 spiro atoms. The molecule has 132 valence electrons. The number of aromatic nitrogens is 2. The van der Waals surface area contributed by atoms with E-state index in [0.717, 1.165) is 27.9 Å². The van der Waals surface area contributed by atoms with Crippen molar-refractivity contribution in [2.75, 3.05) is 6.54 Å². The number of hydrogen-bond acceptors (Lipinski definition) is 4. The van der Waals surface area contributed by atoms with Crippen molar-refractivity contribution in [2.24, 2.45) is 0 Å². The molecule has 2 N–H and O–H groups in total. The summed E-state index contributed by atoms with van der Waals surface area (Å²) in [5.74, 6) is -0.262. The zero-order valence-corrected chi connectivity index (χ0v) is 14.8. The van der Waals surface area contributed by atoms with Crippen molar-refractivity contribution in [1.82, 2.24) is 15.3 Å². The second-order valence-corrected chi connectivity index (χ2v) is 6.31.